The molecule has 1 saturated heterocycles. The molecule has 0 spiro atoms. The maximum atomic E-state index is 10.0. The van der Waals surface area contributed by atoms with Crippen molar-refractivity contribution in [1.29, 1.82) is 5.26 Å². The third-order valence-corrected chi connectivity index (χ3v) is 3.40. The van der Waals surface area contributed by atoms with Gasteiger partial charge in [0.15, 0.2) is 0 Å². The van der Waals surface area contributed by atoms with Crippen molar-refractivity contribution in [2.24, 2.45) is 0 Å². The average molecular weight is 246 g/mol. The number of hydrogen-bond donors (Lipinski definition) is 2. The fourth-order valence-corrected chi connectivity index (χ4v) is 2.39. The molecule has 0 saturated carbocycles. The predicted molar refractivity (Wildman–Crippen MR) is 69.2 cm³/mol. The second-order valence-electron chi connectivity index (χ2n) is 5.23. The first-order valence-electron chi connectivity index (χ1n) is 6.12. The topological polar surface area (TPSA) is 67.5 Å². The molecule has 1 aliphatic heterocycles. The minimum Gasteiger partial charge on any atom is -0.389 e. The van der Waals surface area contributed by atoms with Crippen molar-refractivity contribution in [3.05, 3.63) is 29.3 Å². The standard InChI is InChI=1S/C14H18N2O2/c1-10(17)12-4-3-11(8-15)7-13(12)16-6-5-14(2,18)9-16/h3-4,7,10,17-18H,5-6,9H2,1-2H3. The van der Waals surface area contributed by atoms with Gasteiger partial charge in [-0.05, 0) is 32.4 Å². The summed E-state index contributed by atoms with van der Waals surface area (Å²) in [6.07, 6.45) is 0.113. The van der Waals surface area contributed by atoms with Gasteiger partial charge in [0.05, 0.1) is 23.3 Å². The Kier molecular flexibility index (Phi) is 3.29. The van der Waals surface area contributed by atoms with Gasteiger partial charge in [-0.3, -0.25) is 0 Å². The van der Waals surface area contributed by atoms with Crippen LogP contribution in [-0.2, 0) is 0 Å². The van der Waals surface area contributed by atoms with Gasteiger partial charge in [-0.1, -0.05) is 6.07 Å². The number of rotatable bonds is 2. The van der Waals surface area contributed by atoms with Crippen molar-refractivity contribution in [2.45, 2.75) is 32.0 Å². The largest absolute Gasteiger partial charge is 0.389 e. The van der Waals surface area contributed by atoms with Gasteiger partial charge in [0.2, 0.25) is 0 Å². The molecule has 2 unspecified atom stereocenters. The van der Waals surface area contributed by atoms with Crippen LogP contribution in [0.15, 0.2) is 18.2 Å². The third kappa shape index (κ3) is 2.47. The zero-order valence-electron chi connectivity index (χ0n) is 10.7. The van der Waals surface area contributed by atoms with Gasteiger partial charge in [-0.25, -0.2) is 0 Å². The summed E-state index contributed by atoms with van der Waals surface area (Å²) in [6, 6.07) is 7.38. The van der Waals surface area contributed by atoms with Crippen molar-refractivity contribution in [3.63, 3.8) is 0 Å². The summed E-state index contributed by atoms with van der Waals surface area (Å²) in [7, 11) is 0. The Morgan fingerprint density at radius 1 is 1.50 bits per heavy atom. The van der Waals surface area contributed by atoms with Gasteiger partial charge in [-0.2, -0.15) is 5.26 Å². The second kappa shape index (κ2) is 4.60. The van der Waals surface area contributed by atoms with Crippen LogP contribution in [0.1, 0.15) is 37.5 Å². The summed E-state index contributed by atoms with van der Waals surface area (Å²) in [5.41, 5.74) is 1.52. The van der Waals surface area contributed by atoms with E-state index in [1.807, 2.05) is 11.8 Å². The van der Waals surface area contributed by atoms with E-state index in [2.05, 4.69) is 6.07 Å². The number of anilines is 1. The van der Waals surface area contributed by atoms with Gasteiger partial charge in [-0.15, -0.1) is 0 Å². The van der Waals surface area contributed by atoms with E-state index in [4.69, 9.17) is 5.26 Å². The molecule has 0 aromatic heterocycles. The highest BCUT2D eigenvalue weighted by atomic mass is 16.3. The summed E-state index contributed by atoms with van der Waals surface area (Å²) in [6.45, 7) is 4.78. The maximum Gasteiger partial charge on any atom is 0.0992 e. The second-order valence-corrected chi connectivity index (χ2v) is 5.23. The van der Waals surface area contributed by atoms with E-state index < -0.39 is 11.7 Å². The zero-order chi connectivity index (χ0) is 13.3. The highest BCUT2D eigenvalue weighted by Crippen LogP contribution is 2.32. The van der Waals surface area contributed by atoms with Crippen LogP contribution in [-0.4, -0.2) is 28.9 Å². The van der Waals surface area contributed by atoms with Crippen molar-refractivity contribution >= 4 is 5.69 Å². The Hall–Kier alpha value is -1.57. The van der Waals surface area contributed by atoms with E-state index in [1.165, 1.54) is 0 Å². The molecular formula is C14H18N2O2. The van der Waals surface area contributed by atoms with Gasteiger partial charge < -0.3 is 15.1 Å². The molecule has 2 rings (SSSR count). The molecule has 4 heteroatoms. The molecule has 1 aliphatic rings. The highest BCUT2D eigenvalue weighted by molar-refractivity contribution is 5.59. The van der Waals surface area contributed by atoms with Crippen LogP contribution in [0.5, 0.6) is 0 Å². The Labute approximate surface area is 107 Å². The van der Waals surface area contributed by atoms with E-state index in [-0.39, 0.29) is 0 Å². The van der Waals surface area contributed by atoms with E-state index in [9.17, 15) is 10.2 Å². The van der Waals surface area contributed by atoms with E-state index >= 15 is 0 Å². The SMILES string of the molecule is CC(O)c1ccc(C#N)cc1N1CCC(C)(O)C1. The molecule has 2 N–H and O–H groups in total. The van der Waals surface area contributed by atoms with Gasteiger partial charge >= 0.3 is 0 Å². The minimum absolute atomic E-state index is 0.529. The van der Waals surface area contributed by atoms with Crippen molar-refractivity contribution in [2.75, 3.05) is 18.0 Å². The molecule has 1 fully saturated rings. The molecule has 96 valence electrons. The molecule has 0 aliphatic carbocycles. The van der Waals surface area contributed by atoms with E-state index in [0.29, 0.717) is 18.5 Å². The Morgan fingerprint density at radius 2 is 2.22 bits per heavy atom. The lowest BCUT2D eigenvalue weighted by Gasteiger charge is -2.24. The number of benzene rings is 1. The molecule has 0 radical (unpaired) electrons. The Balaban J connectivity index is 2.39. The highest BCUT2D eigenvalue weighted by Gasteiger charge is 2.32. The van der Waals surface area contributed by atoms with Crippen LogP contribution in [0, 0.1) is 11.3 Å². The molecule has 0 bridgehead atoms. The summed E-state index contributed by atoms with van der Waals surface area (Å²) >= 11 is 0. The van der Waals surface area contributed by atoms with Crippen LogP contribution in [0.4, 0.5) is 5.69 Å². The summed E-state index contributed by atoms with van der Waals surface area (Å²) in [4.78, 5) is 2.03. The summed E-state index contributed by atoms with van der Waals surface area (Å²) in [5, 5.41) is 28.8. The zero-order valence-corrected chi connectivity index (χ0v) is 10.7. The molecule has 4 nitrogen and oxygen atoms in total. The lowest BCUT2D eigenvalue weighted by atomic mass is 10.0. The number of β-amino-alcohol motifs (C(OH)–C–C–N with tert-alkyl or cyclic N) is 1. The average Bonchev–Trinajstić information content (AvgIpc) is 2.68. The fourth-order valence-electron chi connectivity index (χ4n) is 2.39. The lowest BCUT2D eigenvalue weighted by Crippen LogP contribution is -2.30. The number of aliphatic hydroxyl groups excluding tert-OH is 1. The Bertz CT molecular complexity index is 489. The van der Waals surface area contributed by atoms with Crippen LogP contribution in [0.3, 0.4) is 0 Å². The summed E-state index contributed by atoms with van der Waals surface area (Å²) in [5.74, 6) is 0. The lowest BCUT2D eigenvalue weighted by molar-refractivity contribution is 0.0839. The van der Waals surface area contributed by atoms with Gasteiger partial charge in [0.1, 0.15) is 0 Å². The van der Waals surface area contributed by atoms with Gasteiger partial charge in [0.25, 0.3) is 0 Å². The molecule has 1 aromatic carbocycles. The molecular weight excluding hydrogens is 228 g/mol. The van der Waals surface area contributed by atoms with Crippen molar-refractivity contribution in [1.82, 2.24) is 0 Å². The van der Waals surface area contributed by atoms with Gasteiger partial charge in [0, 0.05) is 24.3 Å². The van der Waals surface area contributed by atoms with E-state index in [0.717, 1.165) is 17.8 Å². The quantitative estimate of drug-likeness (QED) is 0.831. The number of hydrogen-bond acceptors (Lipinski definition) is 4. The first-order chi connectivity index (χ1) is 8.43. The monoisotopic (exact) mass is 246 g/mol. The number of nitriles is 1. The summed E-state index contributed by atoms with van der Waals surface area (Å²) < 4.78 is 0. The minimum atomic E-state index is -0.696. The maximum absolute atomic E-state index is 10.0. The first-order valence-corrected chi connectivity index (χ1v) is 6.12. The normalized spacial score (nSPS) is 24.9. The molecule has 0 amide bonds. The fraction of sp³-hybridized carbons (Fsp3) is 0.500. The first kappa shape index (κ1) is 12.9. The predicted octanol–water partition coefficient (Wildman–Crippen LogP) is 1.57. The number of nitrogens with zero attached hydrogens (tertiary/aromatic N) is 2. The molecule has 2 atom stereocenters. The van der Waals surface area contributed by atoms with Crippen LogP contribution in [0.2, 0.25) is 0 Å². The van der Waals surface area contributed by atoms with Crippen LogP contribution in [0.25, 0.3) is 0 Å². The Morgan fingerprint density at radius 3 is 2.72 bits per heavy atom. The molecule has 18 heavy (non-hydrogen) atoms. The van der Waals surface area contributed by atoms with Crippen molar-refractivity contribution in [3.8, 4) is 6.07 Å². The number of aliphatic hydroxyl groups is 2. The third-order valence-electron chi connectivity index (χ3n) is 3.40. The smallest absolute Gasteiger partial charge is 0.0992 e. The molecule has 1 aromatic rings. The molecule has 1 heterocycles. The van der Waals surface area contributed by atoms with Crippen molar-refractivity contribution < 1.29 is 10.2 Å². The van der Waals surface area contributed by atoms with E-state index in [1.54, 1.807) is 25.1 Å². The van der Waals surface area contributed by atoms with Crippen LogP contribution >= 0.6 is 0 Å². The van der Waals surface area contributed by atoms with Crippen LogP contribution < -0.4 is 4.90 Å².